The van der Waals surface area contributed by atoms with Crippen molar-refractivity contribution in [1.29, 1.82) is 0 Å². The van der Waals surface area contributed by atoms with Crippen molar-refractivity contribution in [3.05, 3.63) is 100 Å². The predicted octanol–water partition coefficient (Wildman–Crippen LogP) is 9.08. The fourth-order valence-corrected chi connectivity index (χ4v) is 3.59. The molecule has 2 aromatic carbocycles. The van der Waals surface area contributed by atoms with Crippen molar-refractivity contribution in [2.24, 2.45) is 0 Å². The number of aromatic nitrogens is 3. The summed E-state index contributed by atoms with van der Waals surface area (Å²) >= 11 is 0. The van der Waals surface area contributed by atoms with Gasteiger partial charge in [0, 0.05) is 37.7 Å². The number of hydrogen-bond donors (Lipinski definition) is 1. The molecule has 1 radical (unpaired) electrons. The number of halogens is 12. The first kappa shape index (κ1) is 38.1. The molecule has 0 aliphatic carbocycles. The Hall–Kier alpha value is -4.05. The Morgan fingerprint density at radius 3 is 1.54 bits per heavy atom. The molecular weight excluding hydrogens is 831 g/mol. The van der Waals surface area contributed by atoms with Gasteiger partial charge in [0.25, 0.3) is 0 Å². The summed E-state index contributed by atoms with van der Waals surface area (Å²) < 4.78 is 160. The van der Waals surface area contributed by atoms with Crippen molar-refractivity contribution in [1.82, 2.24) is 15.0 Å². The van der Waals surface area contributed by atoms with Crippen LogP contribution >= 0.6 is 0 Å². The van der Waals surface area contributed by atoms with Crippen molar-refractivity contribution in [2.45, 2.75) is 38.6 Å². The van der Waals surface area contributed by atoms with Gasteiger partial charge in [0.2, 0.25) is 0 Å². The molecule has 0 saturated heterocycles. The maximum absolute atomic E-state index is 13.3. The van der Waals surface area contributed by atoms with E-state index in [4.69, 9.17) is 5.11 Å². The Morgan fingerprint density at radius 1 is 0.674 bits per heavy atom. The monoisotopic (exact) mass is 847 g/mol. The van der Waals surface area contributed by atoms with Gasteiger partial charge in [0.15, 0.2) is 0 Å². The third kappa shape index (κ3) is 9.48. The van der Waals surface area contributed by atoms with Gasteiger partial charge >= 0.3 is 30.7 Å². The third-order valence-corrected chi connectivity index (χ3v) is 5.81. The van der Waals surface area contributed by atoms with Gasteiger partial charge in [0.05, 0.1) is 22.5 Å². The van der Waals surface area contributed by atoms with Gasteiger partial charge in [-0.2, -0.15) is 52.7 Å². The summed E-state index contributed by atoms with van der Waals surface area (Å²) in [5, 5.41) is 8.32. The van der Waals surface area contributed by atoms with Crippen molar-refractivity contribution in [2.75, 3.05) is 0 Å². The van der Waals surface area contributed by atoms with Gasteiger partial charge in [-0.3, -0.25) is 9.97 Å². The van der Waals surface area contributed by atoms with Crippen molar-refractivity contribution in [3.8, 4) is 22.5 Å². The molecule has 18 heteroatoms. The summed E-state index contributed by atoms with van der Waals surface area (Å²) in [6.07, 6.45) is -19.7. The molecule has 0 saturated carbocycles. The molecule has 2 heterocycles. The Labute approximate surface area is 264 Å². The van der Waals surface area contributed by atoms with Crippen LogP contribution in [0.15, 0.2) is 54.7 Å². The van der Waals surface area contributed by atoms with Gasteiger partial charge in [-0.25, -0.2) is 9.78 Å². The van der Waals surface area contributed by atoms with Gasteiger partial charge in [-0.1, -0.05) is 6.07 Å². The summed E-state index contributed by atoms with van der Waals surface area (Å²) in [5.41, 5.74) is -10.6. The molecule has 4 aromatic rings. The second-order valence-electron chi connectivity index (χ2n) is 9.10. The van der Waals surface area contributed by atoms with Crippen LogP contribution in [-0.4, -0.2) is 26.0 Å². The third-order valence-electron chi connectivity index (χ3n) is 5.81. The number of aryl methyl sites for hydroxylation is 2. The van der Waals surface area contributed by atoms with Crippen molar-refractivity contribution < 1.29 is 82.7 Å². The minimum absolute atomic E-state index is 0. The molecule has 0 unspecified atom stereocenters. The van der Waals surface area contributed by atoms with Crippen LogP contribution < -0.4 is 0 Å². The minimum atomic E-state index is -5.32. The van der Waals surface area contributed by atoms with Gasteiger partial charge in [0.1, 0.15) is 5.69 Å². The van der Waals surface area contributed by atoms with E-state index in [2.05, 4.69) is 15.0 Å². The van der Waals surface area contributed by atoms with Crippen LogP contribution in [0.25, 0.3) is 22.5 Å². The van der Waals surface area contributed by atoms with E-state index in [9.17, 15) is 57.5 Å². The minimum Gasteiger partial charge on any atom is -0.477 e. The topological polar surface area (TPSA) is 76.0 Å². The smallest absolute Gasteiger partial charge is 0.416 e. The molecule has 0 aliphatic rings. The largest absolute Gasteiger partial charge is 0.477 e. The first-order valence-electron chi connectivity index (χ1n) is 12.0. The molecule has 4 rings (SSSR count). The van der Waals surface area contributed by atoms with Crippen molar-refractivity contribution >= 4 is 5.97 Å². The molecule has 2 aromatic heterocycles. The first-order chi connectivity index (χ1) is 20.5. The number of carboxylic acids is 1. The van der Waals surface area contributed by atoms with Crippen LogP contribution in [0, 0.1) is 19.9 Å². The second-order valence-corrected chi connectivity index (χ2v) is 9.10. The molecule has 5 nitrogen and oxygen atoms in total. The normalized spacial score (nSPS) is 12.1. The predicted molar refractivity (Wildman–Crippen MR) is 132 cm³/mol. The number of benzene rings is 2. The molecule has 0 spiro atoms. The quantitative estimate of drug-likeness (QED) is 0.165. The molecule has 46 heavy (non-hydrogen) atoms. The Bertz CT molecular complexity index is 1540. The van der Waals surface area contributed by atoms with E-state index < -0.39 is 75.4 Å². The molecule has 0 fully saturated rings. The SMILES string of the molecule is Cc1nc(-c2[c-]c(C(F)(F)F)cc(C(F)(F)F)c2)c(-c2cc(C(F)(F)F)cc(C(F)(F)F)c2)nc1C.O=C(O)c1ccccn1.[Ir]. The molecular formula is C28H16F12IrN3O2-. The standard InChI is InChI=1S/C22H11F12N2.C6H5NO2.Ir/c1-9-10(2)36-18(12-5-15(21(29,30)31)8-16(6-12)22(32,33)34)17(35-9)11-3-13(19(23,24)25)7-14(4-11)20(26,27)28;8-6(9)5-3-1-2-4-7-5;/h3-5,7-8H,1-2H3;1-4H,(H,8,9);/q-1;;. The van der Waals surface area contributed by atoms with E-state index in [-0.39, 0.29) is 67.5 Å². The molecule has 0 bridgehead atoms. The van der Waals surface area contributed by atoms with E-state index in [1.165, 1.54) is 26.1 Å². The molecule has 249 valence electrons. The zero-order valence-electron chi connectivity index (χ0n) is 22.8. The average molecular weight is 847 g/mol. The summed E-state index contributed by atoms with van der Waals surface area (Å²) in [5.74, 6) is -0.990. The number of hydrogen-bond acceptors (Lipinski definition) is 4. The van der Waals surface area contributed by atoms with E-state index in [1.807, 2.05) is 0 Å². The Morgan fingerprint density at radius 2 is 1.15 bits per heavy atom. The maximum atomic E-state index is 13.3. The van der Waals surface area contributed by atoms with E-state index in [0.717, 1.165) is 0 Å². The van der Waals surface area contributed by atoms with Crippen LogP contribution in [0.5, 0.6) is 0 Å². The summed E-state index contributed by atoms with van der Waals surface area (Å²) in [6, 6.07) is 6.72. The average Bonchev–Trinajstić information content (AvgIpc) is 2.92. The van der Waals surface area contributed by atoms with Crippen LogP contribution in [0.4, 0.5) is 52.7 Å². The van der Waals surface area contributed by atoms with Gasteiger partial charge in [-0.15, -0.1) is 23.8 Å². The number of alkyl halides is 12. The number of nitrogens with zero attached hydrogens (tertiary/aromatic N) is 3. The number of carboxylic acid groups (broad SMARTS) is 1. The summed E-state index contributed by atoms with van der Waals surface area (Å²) in [6.45, 7) is 2.51. The fourth-order valence-electron chi connectivity index (χ4n) is 3.59. The molecule has 0 atom stereocenters. The molecule has 1 N–H and O–H groups in total. The van der Waals surface area contributed by atoms with Crippen LogP contribution in [0.2, 0.25) is 0 Å². The zero-order chi connectivity index (χ0) is 34.1. The number of pyridine rings is 1. The van der Waals surface area contributed by atoms with Gasteiger partial charge < -0.3 is 5.11 Å². The summed E-state index contributed by atoms with van der Waals surface area (Å²) in [4.78, 5) is 21.4. The van der Waals surface area contributed by atoms with E-state index >= 15 is 0 Å². The van der Waals surface area contributed by atoms with E-state index in [0.29, 0.717) is 0 Å². The molecule has 0 amide bonds. The maximum Gasteiger partial charge on any atom is 0.416 e. The van der Waals surface area contributed by atoms with Crippen molar-refractivity contribution in [3.63, 3.8) is 0 Å². The zero-order valence-corrected chi connectivity index (χ0v) is 25.2. The number of rotatable bonds is 3. The Balaban J connectivity index is 0.000000633. The van der Waals surface area contributed by atoms with E-state index in [1.54, 1.807) is 18.2 Å². The summed E-state index contributed by atoms with van der Waals surface area (Å²) in [7, 11) is 0. The molecule has 0 aliphatic heterocycles. The fraction of sp³-hybridized carbons (Fsp3) is 0.214. The Kier molecular flexibility index (Phi) is 11.4. The van der Waals surface area contributed by atoms with Crippen LogP contribution in [0.1, 0.15) is 44.1 Å². The van der Waals surface area contributed by atoms with Crippen LogP contribution in [-0.2, 0) is 44.8 Å². The first-order valence-corrected chi connectivity index (χ1v) is 12.0. The van der Waals surface area contributed by atoms with Gasteiger partial charge in [-0.05, 0) is 60.9 Å². The number of aromatic carboxylic acids is 1. The number of carbonyl (C=O) groups is 1. The second kappa shape index (κ2) is 13.7. The van der Waals surface area contributed by atoms with Crippen LogP contribution in [0.3, 0.4) is 0 Å².